The Morgan fingerprint density at radius 3 is 1.39 bits per heavy atom. The molecule has 0 atom stereocenters. The maximum atomic E-state index is 12.2. The van der Waals surface area contributed by atoms with Crippen LogP contribution < -0.4 is 9.47 Å². The summed E-state index contributed by atoms with van der Waals surface area (Å²) in [5.74, 6) is 1.60. The van der Waals surface area contributed by atoms with Crippen LogP contribution in [0.2, 0.25) is 5.02 Å². The Hall–Kier alpha value is -2.57. The van der Waals surface area contributed by atoms with Gasteiger partial charge >= 0.3 is 0 Å². The zero-order valence-electron chi connectivity index (χ0n) is 23.3. The number of ether oxygens (including phenoxy) is 2. The van der Waals surface area contributed by atoms with E-state index in [0.29, 0.717) is 24.7 Å². The first-order chi connectivity index (χ1) is 18.4. The minimum atomic E-state index is -1.23. The molecule has 6 heteroatoms. The first-order valence-corrected chi connectivity index (χ1v) is 14.2. The Kier molecular flexibility index (Phi) is 11.9. The summed E-state index contributed by atoms with van der Waals surface area (Å²) in [6, 6.07) is 23.2. The molecule has 0 saturated carbocycles. The fourth-order valence-electron chi connectivity index (χ4n) is 4.59. The molecule has 3 rings (SSSR count). The van der Waals surface area contributed by atoms with E-state index in [4.69, 9.17) is 21.1 Å². The standard InChI is InChI=1S/C32H43ClN2O3/c1-5-34(6-2)21-23-37-30-17-11-27(12-18-30)32(36,25-26-9-15-29(33)16-10-26)28-13-19-31(20-14-28)38-24-22-35(7-3)8-4/h9-20,36H,5-8,21-25H2,1-4H3. The largest absolute Gasteiger partial charge is 0.492 e. The number of hydrogen-bond acceptors (Lipinski definition) is 5. The summed E-state index contributed by atoms with van der Waals surface area (Å²) in [6.45, 7) is 15.7. The van der Waals surface area contributed by atoms with Gasteiger partial charge in [0.2, 0.25) is 0 Å². The molecule has 0 spiro atoms. The smallest absolute Gasteiger partial charge is 0.119 e. The Morgan fingerprint density at radius 2 is 1.03 bits per heavy atom. The maximum absolute atomic E-state index is 12.2. The van der Waals surface area contributed by atoms with Crippen molar-refractivity contribution in [3.8, 4) is 11.5 Å². The molecular formula is C32H43ClN2O3. The molecule has 0 amide bonds. The van der Waals surface area contributed by atoms with Crippen LogP contribution in [0.1, 0.15) is 44.4 Å². The van der Waals surface area contributed by atoms with Crippen LogP contribution in [0, 0.1) is 0 Å². The lowest BCUT2D eigenvalue weighted by molar-refractivity contribution is 0.0810. The summed E-state index contributed by atoms with van der Waals surface area (Å²) >= 11 is 6.11. The van der Waals surface area contributed by atoms with Crippen LogP contribution in [0.15, 0.2) is 72.8 Å². The number of likely N-dealkylation sites (N-methyl/N-ethyl adjacent to an activating group) is 2. The quantitative estimate of drug-likeness (QED) is 0.233. The average molecular weight is 539 g/mol. The number of halogens is 1. The van der Waals surface area contributed by atoms with Crippen LogP contribution in [0.5, 0.6) is 11.5 Å². The summed E-state index contributed by atoms with van der Waals surface area (Å²) < 4.78 is 11.9. The van der Waals surface area contributed by atoms with Crippen molar-refractivity contribution in [2.45, 2.75) is 39.7 Å². The van der Waals surface area contributed by atoms with Gasteiger partial charge in [0, 0.05) is 24.5 Å². The van der Waals surface area contributed by atoms with Gasteiger partial charge in [-0.2, -0.15) is 0 Å². The first-order valence-electron chi connectivity index (χ1n) is 13.8. The molecular weight excluding hydrogens is 496 g/mol. The van der Waals surface area contributed by atoms with Gasteiger partial charge in [0.05, 0.1) is 0 Å². The molecule has 0 saturated heterocycles. The number of benzene rings is 3. The van der Waals surface area contributed by atoms with Crippen LogP contribution in [0.3, 0.4) is 0 Å². The zero-order valence-corrected chi connectivity index (χ0v) is 24.1. The molecule has 0 fully saturated rings. The van der Waals surface area contributed by atoms with Gasteiger partial charge in [-0.25, -0.2) is 0 Å². The number of rotatable bonds is 16. The van der Waals surface area contributed by atoms with Crippen LogP contribution in [-0.4, -0.2) is 67.4 Å². The second-order valence-electron chi connectivity index (χ2n) is 9.46. The van der Waals surface area contributed by atoms with Crippen molar-refractivity contribution >= 4 is 11.6 Å². The maximum Gasteiger partial charge on any atom is 0.119 e. The highest BCUT2D eigenvalue weighted by Crippen LogP contribution is 2.35. The van der Waals surface area contributed by atoms with E-state index in [-0.39, 0.29) is 0 Å². The third-order valence-corrected chi connectivity index (χ3v) is 7.43. The number of aliphatic hydroxyl groups is 1. The van der Waals surface area contributed by atoms with Crippen molar-refractivity contribution < 1.29 is 14.6 Å². The lowest BCUT2D eigenvalue weighted by atomic mass is 9.81. The Morgan fingerprint density at radius 1 is 0.632 bits per heavy atom. The van der Waals surface area contributed by atoms with Crippen LogP contribution >= 0.6 is 11.6 Å². The molecule has 38 heavy (non-hydrogen) atoms. The third kappa shape index (κ3) is 8.47. The number of nitrogens with zero attached hydrogens (tertiary/aromatic N) is 2. The van der Waals surface area contributed by atoms with E-state index in [2.05, 4.69) is 37.5 Å². The van der Waals surface area contributed by atoms with Crippen LogP contribution in [-0.2, 0) is 12.0 Å². The van der Waals surface area contributed by atoms with Gasteiger partial charge in [-0.15, -0.1) is 0 Å². The molecule has 206 valence electrons. The minimum absolute atomic E-state index is 0.411. The molecule has 0 aliphatic heterocycles. The lowest BCUT2D eigenvalue weighted by Gasteiger charge is -2.30. The van der Waals surface area contributed by atoms with Crippen molar-refractivity contribution in [3.05, 3.63) is 94.5 Å². The summed E-state index contributed by atoms with van der Waals surface area (Å²) in [5.41, 5.74) is 1.38. The third-order valence-electron chi connectivity index (χ3n) is 7.18. The fourth-order valence-corrected chi connectivity index (χ4v) is 4.71. The van der Waals surface area contributed by atoms with Gasteiger partial charge in [-0.1, -0.05) is 75.7 Å². The van der Waals surface area contributed by atoms with Gasteiger partial charge in [-0.3, -0.25) is 0 Å². The monoisotopic (exact) mass is 538 g/mol. The highest BCUT2D eigenvalue weighted by molar-refractivity contribution is 6.30. The van der Waals surface area contributed by atoms with Crippen molar-refractivity contribution in [2.24, 2.45) is 0 Å². The van der Waals surface area contributed by atoms with E-state index in [1.165, 1.54) is 0 Å². The minimum Gasteiger partial charge on any atom is -0.492 e. The van der Waals surface area contributed by atoms with Crippen molar-refractivity contribution in [2.75, 3.05) is 52.5 Å². The summed E-state index contributed by atoms with van der Waals surface area (Å²) in [7, 11) is 0. The van der Waals surface area contributed by atoms with Crippen LogP contribution in [0.4, 0.5) is 0 Å². The second-order valence-corrected chi connectivity index (χ2v) is 9.90. The van der Waals surface area contributed by atoms with Gasteiger partial charge in [-0.05, 0) is 79.3 Å². The summed E-state index contributed by atoms with van der Waals surface area (Å²) in [4.78, 5) is 4.66. The molecule has 3 aromatic rings. The molecule has 3 aromatic carbocycles. The SMILES string of the molecule is CCN(CC)CCOc1ccc(C(O)(Cc2ccc(Cl)cc2)c2ccc(OCCN(CC)CC)cc2)cc1. The highest BCUT2D eigenvalue weighted by atomic mass is 35.5. The fraction of sp³-hybridized carbons (Fsp3) is 0.438. The zero-order chi connectivity index (χ0) is 27.4. The van der Waals surface area contributed by atoms with E-state index in [1.54, 1.807) is 0 Å². The molecule has 5 nitrogen and oxygen atoms in total. The van der Waals surface area contributed by atoms with Crippen molar-refractivity contribution in [1.82, 2.24) is 9.80 Å². The predicted octanol–water partition coefficient (Wildman–Crippen LogP) is 6.26. The molecule has 0 heterocycles. The van der Waals surface area contributed by atoms with Gasteiger partial charge in [0.15, 0.2) is 0 Å². The lowest BCUT2D eigenvalue weighted by Crippen LogP contribution is -2.30. The van der Waals surface area contributed by atoms with E-state index >= 15 is 0 Å². The number of hydrogen-bond donors (Lipinski definition) is 1. The predicted molar refractivity (Wildman–Crippen MR) is 158 cm³/mol. The van der Waals surface area contributed by atoms with Crippen LogP contribution in [0.25, 0.3) is 0 Å². The van der Waals surface area contributed by atoms with Crippen molar-refractivity contribution in [1.29, 1.82) is 0 Å². The van der Waals surface area contributed by atoms with E-state index in [1.807, 2.05) is 72.8 Å². The summed E-state index contributed by atoms with van der Waals surface area (Å²) in [6.07, 6.45) is 0.411. The van der Waals surface area contributed by atoms with E-state index < -0.39 is 5.60 Å². The van der Waals surface area contributed by atoms with E-state index in [0.717, 1.165) is 67.5 Å². The molecule has 0 bridgehead atoms. The molecule has 0 aliphatic carbocycles. The summed E-state index contributed by atoms with van der Waals surface area (Å²) in [5, 5.41) is 12.8. The highest BCUT2D eigenvalue weighted by Gasteiger charge is 2.32. The van der Waals surface area contributed by atoms with Gasteiger partial charge in [0.25, 0.3) is 0 Å². The van der Waals surface area contributed by atoms with Gasteiger partial charge < -0.3 is 24.4 Å². The first kappa shape index (κ1) is 30.0. The van der Waals surface area contributed by atoms with Gasteiger partial charge in [0.1, 0.15) is 30.3 Å². The molecule has 0 aromatic heterocycles. The molecule has 0 aliphatic rings. The second kappa shape index (κ2) is 15.1. The Bertz CT molecular complexity index is 1000. The van der Waals surface area contributed by atoms with E-state index in [9.17, 15) is 5.11 Å². The Labute approximate surface area is 233 Å². The average Bonchev–Trinajstić information content (AvgIpc) is 2.95. The molecule has 0 unspecified atom stereocenters. The topological polar surface area (TPSA) is 45.2 Å². The molecule has 1 N–H and O–H groups in total. The Balaban J connectivity index is 1.78. The normalized spacial score (nSPS) is 11.8. The van der Waals surface area contributed by atoms with Crippen molar-refractivity contribution in [3.63, 3.8) is 0 Å². The molecule has 0 radical (unpaired) electrons.